The molecule has 1 aromatic rings. The molecule has 0 aliphatic heterocycles. The number of hydrogen-bond acceptors (Lipinski definition) is 2. The van der Waals surface area contributed by atoms with Crippen LogP contribution in [0.1, 0.15) is 42.6 Å². The van der Waals surface area contributed by atoms with Crippen LogP contribution in [0.5, 0.6) is 0 Å². The van der Waals surface area contributed by atoms with E-state index >= 15 is 0 Å². The highest BCUT2D eigenvalue weighted by atomic mass is 35.5. The first-order valence-electron chi connectivity index (χ1n) is 7.21. The fraction of sp³-hybridized carbons (Fsp3) is 0.389. The van der Waals surface area contributed by atoms with Crippen LogP contribution >= 0.6 is 11.6 Å². The van der Waals surface area contributed by atoms with E-state index in [4.69, 9.17) is 16.3 Å². The number of carbonyl (C=O) groups is 1. The minimum atomic E-state index is -0.00747. The number of ether oxygens (including phenoxy) is 1. The number of Topliss-reactive ketones (excluding diaryl/α,β-unsaturated/α-hetero) is 1. The number of ketones is 1. The van der Waals surface area contributed by atoms with Gasteiger partial charge in [-0.1, -0.05) is 41.5 Å². The Morgan fingerprint density at radius 2 is 2.14 bits per heavy atom. The van der Waals surface area contributed by atoms with Crippen molar-refractivity contribution in [2.75, 3.05) is 7.11 Å². The van der Waals surface area contributed by atoms with Crippen LogP contribution < -0.4 is 0 Å². The van der Waals surface area contributed by atoms with Crippen LogP contribution in [0.25, 0.3) is 6.08 Å². The molecule has 0 amide bonds. The second-order valence-corrected chi connectivity index (χ2v) is 5.93. The largest absolute Gasteiger partial charge is 0.377 e. The smallest absolute Gasteiger partial charge is 0.161 e. The summed E-state index contributed by atoms with van der Waals surface area (Å²) in [6.07, 6.45) is 8.84. The van der Waals surface area contributed by atoms with E-state index in [0.717, 1.165) is 18.4 Å². The molecule has 0 fully saturated rings. The third-order valence-corrected chi connectivity index (χ3v) is 4.32. The fourth-order valence-corrected chi connectivity index (χ4v) is 2.90. The van der Waals surface area contributed by atoms with Crippen LogP contribution in [-0.4, -0.2) is 19.0 Å². The number of halogens is 1. The lowest BCUT2D eigenvalue weighted by Crippen LogP contribution is -2.16. The van der Waals surface area contributed by atoms with Crippen molar-refractivity contribution in [2.45, 2.75) is 32.8 Å². The van der Waals surface area contributed by atoms with E-state index in [-0.39, 0.29) is 11.9 Å². The third-order valence-electron chi connectivity index (χ3n) is 3.99. The lowest BCUT2D eigenvalue weighted by molar-refractivity contribution is 0.101. The van der Waals surface area contributed by atoms with E-state index < -0.39 is 0 Å². The van der Waals surface area contributed by atoms with Crippen molar-refractivity contribution < 1.29 is 9.53 Å². The number of methoxy groups -OCH3 is 1. The molecule has 0 N–H and O–H groups in total. The predicted molar refractivity (Wildman–Crippen MR) is 87.8 cm³/mol. The Labute approximate surface area is 131 Å². The SMILES string of the molecule is COC1C=C(C)C(/C=C/c2ccc(Cl)c(C(C)=O)c2)CC1. The predicted octanol–water partition coefficient (Wildman–Crippen LogP) is 4.93. The Morgan fingerprint density at radius 3 is 2.76 bits per heavy atom. The molecule has 0 aromatic heterocycles. The van der Waals surface area contributed by atoms with Gasteiger partial charge >= 0.3 is 0 Å². The van der Waals surface area contributed by atoms with Gasteiger partial charge in [-0.2, -0.15) is 0 Å². The zero-order valence-electron chi connectivity index (χ0n) is 12.7. The number of carbonyl (C=O) groups excluding carboxylic acids is 1. The van der Waals surface area contributed by atoms with E-state index in [1.165, 1.54) is 12.5 Å². The molecule has 0 saturated carbocycles. The van der Waals surface area contributed by atoms with E-state index in [9.17, 15) is 4.79 Å². The minimum Gasteiger partial charge on any atom is -0.377 e. The van der Waals surface area contributed by atoms with Gasteiger partial charge in [0.25, 0.3) is 0 Å². The van der Waals surface area contributed by atoms with Crippen LogP contribution in [0.15, 0.2) is 35.9 Å². The first-order valence-corrected chi connectivity index (χ1v) is 7.59. The molecule has 0 bridgehead atoms. The van der Waals surface area contributed by atoms with E-state index in [1.54, 1.807) is 13.2 Å². The maximum Gasteiger partial charge on any atom is 0.161 e. The Balaban J connectivity index is 2.15. The molecule has 0 heterocycles. The second-order valence-electron chi connectivity index (χ2n) is 5.52. The molecule has 21 heavy (non-hydrogen) atoms. The van der Waals surface area contributed by atoms with Gasteiger partial charge in [0.2, 0.25) is 0 Å². The molecule has 2 atom stereocenters. The van der Waals surface area contributed by atoms with Crippen molar-refractivity contribution in [2.24, 2.45) is 5.92 Å². The summed E-state index contributed by atoms with van der Waals surface area (Å²) < 4.78 is 5.38. The van der Waals surface area contributed by atoms with Crippen molar-refractivity contribution in [1.82, 2.24) is 0 Å². The summed E-state index contributed by atoms with van der Waals surface area (Å²) in [6.45, 7) is 3.68. The molecule has 0 radical (unpaired) electrons. The Bertz CT molecular complexity index is 587. The lowest BCUT2D eigenvalue weighted by Gasteiger charge is -2.24. The summed E-state index contributed by atoms with van der Waals surface area (Å²) >= 11 is 6.03. The second kappa shape index (κ2) is 7.06. The lowest BCUT2D eigenvalue weighted by atomic mass is 9.86. The molecule has 2 unspecified atom stereocenters. The van der Waals surface area contributed by atoms with Crippen molar-refractivity contribution in [3.05, 3.63) is 52.1 Å². The van der Waals surface area contributed by atoms with Crippen molar-refractivity contribution >= 4 is 23.5 Å². The molecule has 112 valence electrons. The molecular weight excluding hydrogens is 284 g/mol. The summed E-state index contributed by atoms with van der Waals surface area (Å²) in [6, 6.07) is 5.56. The van der Waals surface area contributed by atoms with Crippen LogP contribution in [0.2, 0.25) is 5.02 Å². The van der Waals surface area contributed by atoms with Crippen molar-refractivity contribution in [3.8, 4) is 0 Å². The van der Waals surface area contributed by atoms with Gasteiger partial charge in [-0.3, -0.25) is 4.79 Å². The maximum absolute atomic E-state index is 11.5. The number of rotatable bonds is 4. The number of allylic oxidation sites excluding steroid dienone is 2. The van der Waals surface area contributed by atoms with Crippen LogP contribution in [0.3, 0.4) is 0 Å². The van der Waals surface area contributed by atoms with Crippen LogP contribution in [0, 0.1) is 5.92 Å². The molecule has 0 spiro atoms. The summed E-state index contributed by atoms with van der Waals surface area (Å²) in [7, 11) is 1.75. The average Bonchev–Trinajstić information content (AvgIpc) is 2.47. The zero-order chi connectivity index (χ0) is 15.4. The summed E-state index contributed by atoms with van der Waals surface area (Å²) in [5, 5.41) is 0.510. The molecule has 2 rings (SSSR count). The van der Waals surface area contributed by atoms with Gasteiger partial charge < -0.3 is 4.74 Å². The third kappa shape index (κ3) is 4.05. The van der Waals surface area contributed by atoms with Gasteiger partial charge in [-0.25, -0.2) is 0 Å². The van der Waals surface area contributed by atoms with Gasteiger partial charge in [0.05, 0.1) is 11.1 Å². The van der Waals surface area contributed by atoms with E-state index in [0.29, 0.717) is 16.5 Å². The van der Waals surface area contributed by atoms with Crippen LogP contribution in [0.4, 0.5) is 0 Å². The maximum atomic E-state index is 11.5. The highest BCUT2D eigenvalue weighted by Crippen LogP contribution is 2.28. The highest BCUT2D eigenvalue weighted by Gasteiger charge is 2.17. The molecular formula is C18H21ClO2. The van der Waals surface area contributed by atoms with Gasteiger partial charge in [-0.15, -0.1) is 0 Å². The van der Waals surface area contributed by atoms with Gasteiger partial charge in [0.15, 0.2) is 5.78 Å². The average molecular weight is 305 g/mol. The van der Waals surface area contributed by atoms with Gasteiger partial charge in [-0.05, 0) is 50.3 Å². The molecule has 1 aromatic carbocycles. The quantitative estimate of drug-likeness (QED) is 0.582. The molecule has 1 aliphatic rings. The normalized spacial score (nSPS) is 22.4. The van der Waals surface area contributed by atoms with Crippen molar-refractivity contribution in [3.63, 3.8) is 0 Å². The van der Waals surface area contributed by atoms with E-state index in [2.05, 4.69) is 25.2 Å². The monoisotopic (exact) mass is 304 g/mol. The summed E-state index contributed by atoms with van der Waals surface area (Å²) in [5.74, 6) is 0.430. The van der Waals surface area contributed by atoms with Crippen molar-refractivity contribution in [1.29, 1.82) is 0 Å². The summed E-state index contributed by atoms with van der Waals surface area (Å²) in [5.41, 5.74) is 2.92. The molecule has 0 saturated heterocycles. The Morgan fingerprint density at radius 1 is 1.38 bits per heavy atom. The Kier molecular flexibility index (Phi) is 5.38. The number of benzene rings is 1. The Hall–Kier alpha value is -1.38. The molecule has 2 nitrogen and oxygen atoms in total. The topological polar surface area (TPSA) is 26.3 Å². The molecule has 3 heteroatoms. The highest BCUT2D eigenvalue weighted by molar-refractivity contribution is 6.33. The number of hydrogen-bond donors (Lipinski definition) is 0. The van der Waals surface area contributed by atoms with Gasteiger partial charge in [0, 0.05) is 12.7 Å². The molecule has 1 aliphatic carbocycles. The van der Waals surface area contributed by atoms with E-state index in [1.807, 2.05) is 12.1 Å². The fourth-order valence-electron chi connectivity index (χ4n) is 2.65. The van der Waals surface area contributed by atoms with Gasteiger partial charge in [0.1, 0.15) is 0 Å². The first-order chi connectivity index (χ1) is 10.0. The minimum absolute atomic E-state index is 0.00747. The first kappa shape index (κ1) is 16.0. The zero-order valence-corrected chi connectivity index (χ0v) is 13.5. The summed E-state index contributed by atoms with van der Waals surface area (Å²) in [4.78, 5) is 11.5. The van der Waals surface area contributed by atoms with Crippen LogP contribution in [-0.2, 0) is 4.74 Å². The standard InChI is InChI=1S/C18H21ClO2/c1-12-10-16(21-3)8-7-15(12)6-4-14-5-9-18(19)17(11-14)13(2)20/h4-6,9-11,15-16H,7-8H2,1-3H3/b6-4+.